The molecule has 1 aromatic heterocycles. The van der Waals surface area contributed by atoms with Gasteiger partial charge in [0.25, 0.3) is 10.0 Å². The normalized spacial score (nSPS) is 19.5. The van der Waals surface area contributed by atoms with E-state index in [1.165, 1.54) is 25.5 Å². The minimum absolute atomic E-state index is 0.135. The largest absolute Gasteiger partial charge is 0.332 e. The fourth-order valence-electron chi connectivity index (χ4n) is 2.33. The third-order valence-corrected chi connectivity index (χ3v) is 4.89. The molecule has 0 amide bonds. The summed E-state index contributed by atoms with van der Waals surface area (Å²) in [5.74, 6) is 0.601. The Kier molecular flexibility index (Phi) is 4.59. The molecule has 1 unspecified atom stereocenters. The minimum Gasteiger partial charge on any atom is -0.332 e. The zero-order chi connectivity index (χ0) is 13.9. The van der Waals surface area contributed by atoms with Gasteiger partial charge in [-0.2, -0.15) is 0 Å². The lowest BCUT2D eigenvalue weighted by Gasteiger charge is -2.32. The summed E-state index contributed by atoms with van der Waals surface area (Å²) in [6, 6.07) is 0.221. The maximum absolute atomic E-state index is 12.0. The summed E-state index contributed by atoms with van der Waals surface area (Å²) in [5.41, 5.74) is 0. The van der Waals surface area contributed by atoms with Gasteiger partial charge in [-0.05, 0) is 39.8 Å². The van der Waals surface area contributed by atoms with E-state index in [0.29, 0.717) is 12.4 Å². The van der Waals surface area contributed by atoms with Crippen LogP contribution in [0, 0.1) is 6.92 Å². The van der Waals surface area contributed by atoms with Gasteiger partial charge in [0.15, 0.2) is 5.03 Å². The highest BCUT2D eigenvalue weighted by molar-refractivity contribution is 7.89. The summed E-state index contributed by atoms with van der Waals surface area (Å²) >= 11 is 0. The lowest BCUT2D eigenvalue weighted by atomic mass is 10.1. The van der Waals surface area contributed by atoms with Crippen LogP contribution in [-0.2, 0) is 10.0 Å². The number of nitrogens with one attached hydrogen (secondary N) is 2. The van der Waals surface area contributed by atoms with Crippen LogP contribution in [0.15, 0.2) is 11.2 Å². The van der Waals surface area contributed by atoms with E-state index in [1.54, 1.807) is 6.92 Å². The van der Waals surface area contributed by atoms with Crippen LogP contribution in [0.3, 0.4) is 0 Å². The molecular weight excluding hydrogens is 264 g/mol. The molecule has 1 aliphatic heterocycles. The van der Waals surface area contributed by atoms with Crippen LogP contribution in [-0.4, -0.2) is 49.0 Å². The Morgan fingerprint density at radius 1 is 1.42 bits per heavy atom. The summed E-state index contributed by atoms with van der Waals surface area (Å²) in [5, 5.41) is 0.135. The van der Waals surface area contributed by atoms with E-state index in [9.17, 15) is 8.42 Å². The summed E-state index contributed by atoms with van der Waals surface area (Å²) in [7, 11) is -3.47. The third kappa shape index (κ3) is 3.77. The average molecular weight is 286 g/mol. The monoisotopic (exact) mass is 286 g/mol. The van der Waals surface area contributed by atoms with Crippen LogP contribution >= 0.6 is 0 Å². The first-order valence-corrected chi connectivity index (χ1v) is 8.23. The lowest BCUT2D eigenvalue weighted by molar-refractivity contribution is 0.175. The van der Waals surface area contributed by atoms with Crippen LogP contribution < -0.4 is 4.72 Å². The molecule has 1 fully saturated rings. The van der Waals surface area contributed by atoms with Gasteiger partial charge in [-0.3, -0.25) is 4.90 Å². The van der Waals surface area contributed by atoms with E-state index >= 15 is 0 Å². The molecule has 7 heteroatoms. The number of aryl methyl sites for hydroxylation is 1. The second-order valence-electron chi connectivity index (χ2n) is 5.13. The Hall–Kier alpha value is -0.920. The second kappa shape index (κ2) is 6.02. The Balaban J connectivity index is 1.90. The number of H-pyrrole nitrogens is 1. The number of hydrogen-bond donors (Lipinski definition) is 2. The number of imidazole rings is 1. The second-order valence-corrected chi connectivity index (χ2v) is 6.87. The minimum atomic E-state index is -3.47. The molecule has 1 aliphatic rings. The van der Waals surface area contributed by atoms with E-state index in [0.717, 1.165) is 13.1 Å². The number of likely N-dealkylation sites (tertiary alicyclic amines) is 1. The number of sulfonamides is 1. The zero-order valence-corrected chi connectivity index (χ0v) is 12.3. The van der Waals surface area contributed by atoms with Crippen molar-refractivity contribution >= 4 is 10.0 Å². The quantitative estimate of drug-likeness (QED) is 0.842. The molecule has 0 aromatic carbocycles. The molecule has 0 aliphatic carbocycles. The zero-order valence-electron chi connectivity index (χ0n) is 11.5. The molecule has 2 rings (SSSR count). The van der Waals surface area contributed by atoms with E-state index in [-0.39, 0.29) is 11.1 Å². The van der Waals surface area contributed by atoms with Gasteiger partial charge in [-0.25, -0.2) is 18.1 Å². The summed E-state index contributed by atoms with van der Waals surface area (Å²) in [6.07, 6.45) is 5.04. The molecule has 19 heavy (non-hydrogen) atoms. The predicted molar refractivity (Wildman–Crippen MR) is 73.4 cm³/mol. The predicted octanol–water partition coefficient (Wildman–Crippen LogP) is 0.871. The van der Waals surface area contributed by atoms with Gasteiger partial charge >= 0.3 is 0 Å². The van der Waals surface area contributed by atoms with Crippen molar-refractivity contribution in [2.45, 2.75) is 44.2 Å². The highest BCUT2D eigenvalue weighted by Crippen LogP contribution is 2.12. The molecule has 1 aromatic rings. The molecule has 0 spiro atoms. The topological polar surface area (TPSA) is 78.1 Å². The average Bonchev–Trinajstić information content (AvgIpc) is 2.85. The first-order chi connectivity index (χ1) is 8.99. The van der Waals surface area contributed by atoms with E-state index in [4.69, 9.17) is 0 Å². The van der Waals surface area contributed by atoms with Gasteiger partial charge in [-0.1, -0.05) is 6.42 Å². The standard InChI is InChI=1S/C12H22N4O2S/c1-10(16-6-4-3-5-7-16)8-14-19(17,18)12-9-13-11(2)15-12/h9-10,14H,3-8H2,1-2H3,(H,13,15). The van der Waals surface area contributed by atoms with Crippen molar-refractivity contribution in [3.05, 3.63) is 12.0 Å². The maximum atomic E-state index is 12.0. The van der Waals surface area contributed by atoms with Crippen molar-refractivity contribution in [1.29, 1.82) is 0 Å². The SMILES string of the molecule is Cc1ncc(S(=O)(=O)NCC(C)N2CCCCC2)[nH]1. The molecule has 108 valence electrons. The van der Waals surface area contributed by atoms with Gasteiger partial charge < -0.3 is 4.98 Å². The van der Waals surface area contributed by atoms with Gasteiger partial charge in [0.1, 0.15) is 5.82 Å². The number of nitrogens with zero attached hydrogens (tertiary/aromatic N) is 2. The number of piperidine rings is 1. The molecule has 1 atom stereocenters. The maximum Gasteiger partial charge on any atom is 0.257 e. The third-order valence-electron chi connectivity index (χ3n) is 3.55. The summed E-state index contributed by atoms with van der Waals surface area (Å²) in [4.78, 5) is 9.00. The molecular formula is C12H22N4O2S. The molecule has 0 radical (unpaired) electrons. The van der Waals surface area contributed by atoms with E-state index in [2.05, 4.69) is 26.5 Å². The van der Waals surface area contributed by atoms with Crippen LogP contribution in [0.1, 0.15) is 32.0 Å². The smallest absolute Gasteiger partial charge is 0.257 e. The van der Waals surface area contributed by atoms with Crippen molar-refractivity contribution in [3.8, 4) is 0 Å². The fraction of sp³-hybridized carbons (Fsp3) is 0.750. The Bertz CT molecular complexity index is 506. The van der Waals surface area contributed by atoms with Crippen molar-refractivity contribution in [2.75, 3.05) is 19.6 Å². The number of aromatic amines is 1. The summed E-state index contributed by atoms with van der Waals surface area (Å²) < 4.78 is 26.7. The Morgan fingerprint density at radius 2 is 2.11 bits per heavy atom. The summed E-state index contributed by atoms with van der Waals surface area (Å²) in [6.45, 7) is 6.35. The highest BCUT2D eigenvalue weighted by atomic mass is 32.2. The van der Waals surface area contributed by atoms with Crippen molar-refractivity contribution < 1.29 is 8.42 Å². The van der Waals surface area contributed by atoms with Crippen LogP contribution in [0.2, 0.25) is 0 Å². The van der Waals surface area contributed by atoms with Gasteiger partial charge in [-0.15, -0.1) is 0 Å². The van der Waals surface area contributed by atoms with Crippen LogP contribution in [0.4, 0.5) is 0 Å². The molecule has 2 heterocycles. The molecule has 1 saturated heterocycles. The first-order valence-electron chi connectivity index (χ1n) is 6.74. The van der Waals surface area contributed by atoms with Gasteiger partial charge in [0, 0.05) is 12.6 Å². The number of rotatable bonds is 5. The molecule has 0 saturated carbocycles. The Labute approximate surface area is 114 Å². The number of hydrogen-bond acceptors (Lipinski definition) is 4. The fourth-order valence-corrected chi connectivity index (χ4v) is 3.42. The van der Waals surface area contributed by atoms with Gasteiger partial charge in [0.05, 0.1) is 6.20 Å². The van der Waals surface area contributed by atoms with E-state index in [1.807, 2.05) is 0 Å². The van der Waals surface area contributed by atoms with Crippen LogP contribution in [0.5, 0.6) is 0 Å². The van der Waals surface area contributed by atoms with Crippen molar-refractivity contribution in [2.24, 2.45) is 0 Å². The van der Waals surface area contributed by atoms with Gasteiger partial charge in [0.2, 0.25) is 0 Å². The lowest BCUT2D eigenvalue weighted by Crippen LogP contribution is -2.44. The van der Waals surface area contributed by atoms with Crippen molar-refractivity contribution in [1.82, 2.24) is 19.6 Å². The molecule has 6 nitrogen and oxygen atoms in total. The first kappa shape index (κ1) is 14.5. The molecule has 2 N–H and O–H groups in total. The van der Waals surface area contributed by atoms with Crippen LogP contribution in [0.25, 0.3) is 0 Å². The Morgan fingerprint density at radius 3 is 2.68 bits per heavy atom. The molecule has 0 bridgehead atoms. The van der Waals surface area contributed by atoms with E-state index < -0.39 is 10.0 Å². The number of aromatic nitrogens is 2. The van der Waals surface area contributed by atoms with Crippen molar-refractivity contribution in [3.63, 3.8) is 0 Å². The highest BCUT2D eigenvalue weighted by Gasteiger charge is 2.21.